The minimum absolute atomic E-state index is 0.0358. The molecule has 0 radical (unpaired) electrons. The molecule has 0 saturated heterocycles. The third-order valence-electron chi connectivity index (χ3n) is 3.27. The van der Waals surface area contributed by atoms with Gasteiger partial charge < -0.3 is 14.8 Å². The van der Waals surface area contributed by atoms with E-state index in [2.05, 4.69) is 28.2 Å². The Balaban J connectivity index is 2.41. The van der Waals surface area contributed by atoms with Crippen LogP contribution in [-0.2, 0) is 11.2 Å². The number of benzene rings is 1. The van der Waals surface area contributed by atoms with Crippen LogP contribution in [0, 0.1) is 5.92 Å². The lowest BCUT2D eigenvalue weighted by Gasteiger charge is -2.10. The van der Waals surface area contributed by atoms with Gasteiger partial charge in [0.05, 0.1) is 20.6 Å². The zero-order chi connectivity index (χ0) is 15.7. The zero-order valence-corrected chi connectivity index (χ0v) is 14.5. The summed E-state index contributed by atoms with van der Waals surface area (Å²) in [6.07, 6.45) is 2.47. The highest BCUT2D eigenvalue weighted by Crippen LogP contribution is 2.27. The average Bonchev–Trinajstić information content (AvgIpc) is 2.51. The van der Waals surface area contributed by atoms with E-state index in [4.69, 9.17) is 9.47 Å². The highest BCUT2D eigenvalue weighted by molar-refractivity contribution is 9.09. The standard InChI is InChI=1S/C16H24BrNO3/c1-12(11-17)5-4-8-18-16(19)10-13-6-7-14(20-2)15(9-13)21-3/h6-7,9,12H,4-5,8,10-11H2,1-3H3,(H,18,19). The van der Waals surface area contributed by atoms with Crippen LogP contribution in [0.5, 0.6) is 11.5 Å². The molecular weight excluding hydrogens is 334 g/mol. The molecule has 1 rings (SSSR count). The number of carbonyl (C=O) groups is 1. The van der Waals surface area contributed by atoms with E-state index < -0.39 is 0 Å². The van der Waals surface area contributed by atoms with Crippen molar-refractivity contribution in [1.82, 2.24) is 5.32 Å². The van der Waals surface area contributed by atoms with E-state index in [1.165, 1.54) is 0 Å². The molecule has 5 heteroatoms. The number of alkyl halides is 1. The number of carbonyl (C=O) groups excluding carboxylic acids is 1. The second-order valence-corrected chi connectivity index (χ2v) is 5.77. The highest BCUT2D eigenvalue weighted by atomic mass is 79.9. The van der Waals surface area contributed by atoms with Crippen molar-refractivity contribution in [3.8, 4) is 11.5 Å². The van der Waals surface area contributed by atoms with Crippen molar-refractivity contribution < 1.29 is 14.3 Å². The minimum Gasteiger partial charge on any atom is -0.493 e. The molecule has 4 nitrogen and oxygen atoms in total. The van der Waals surface area contributed by atoms with Gasteiger partial charge in [0.15, 0.2) is 11.5 Å². The predicted molar refractivity (Wildman–Crippen MR) is 88.5 cm³/mol. The Morgan fingerprint density at radius 1 is 1.29 bits per heavy atom. The second-order valence-electron chi connectivity index (χ2n) is 5.12. The molecule has 21 heavy (non-hydrogen) atoms. The number of rotatable bonds is 9. The fraction of sp³-hybridized carbons (Fsp3) is 0.562. The smallest absolute Gasteiger partial charge is 0.224 e. The van der Waals surface area contributed by atoms with Crippen LogP contribution in [0.4, 0.5) is 0 Å². The van der Waals surface area contributed by atoms with Gasteiger partial charge in [0, 0.05) is 11.9 Å². The zero-order valence-electron chi connectivity index (χ0n) is 12.9. The molecule has 0 aliphatic heterocycles. The summed E-state index contributed by atoms with van der Waals surface area (Å²) < 4.78 is 10.4. The summed E-state index contributed by atoms with van der Waals surface area (Å²) in [4.78, 5) is 11.9. The Morgan fingerprint density at radius 2 is 2.00 bits per heavy atom. The largest absolute Gasteiger partial charge is 0.493 e. The van der Waals surface area contributed by atoms with Crippen molar-refractivity contribution in [2.24, 2.45) is 5.92 Å². The molecule has 0 aromatic heterocycles. The fourth-order valence-corrected chi connectivity index (χ4v) is 2.32. The molecule has 0 saturated carbocycles. The Labute approximate surface area is 135 Å². The first-order chi connectivity index (χ1) is 10.1. The molecule has 1 N–H and O–H groups in total. The number of hydrogen-bond acceptors (Lipinski definition) is 3. The minimum atomic E-state index is 0.0358. The summed E-state index contributed by atoms with van der Waals surface area (Å²) in [5, 5.41) is 3.96. The van der Waals surface area contributed by atoms with Crippen LogP contribution in [0.1, 0.15) is 25.3 Å². The topological polar surface area (TPSA) is 47.6 Å². The predicted octanol–water partition coefficient (Wildman–Crippen LogP) is 3.17. The highest BCUT2D eigenvalue weighted by Gasteiger charge is 2.08. The van der Waals surface area contributed by atoms with Gasteiger partial charge in [0.2, 0.25) is 5.91 Å². The normalized spacial score (nSPS) is 11.8. The molecule has 0 bridgehead atoms. The van der Waals surface area contributed by atoms with Gasteiger partial charge in [-0.2, -0.15) is 0 Å². The Bertz CT molecular complexity index is 451. The molecule has 118 valence electrons. The Morgan fingerprint density at radius 3 is 2.62 bits per heavy atom. The summed E-state index contributed by atoms with van der Waals surface area (Å²) in [5.41, 5.74) is 0.916. The summed E-state index contributed by atoms with van der Waals surface area (Å²) in [7, 11) is 3.19. The lowest BCUT2D eigenvalue weighted by Crippen LogP contribution is -2.26. The summed E-state index contributed by atoms with van der Waals surface area (Å²) >= 11 is 3.46. The van der Waals surface area contributed by atoms with Crippen molar-refractivity contribution in [2.45, 2.75) is 26.2 Å². The maximum Gasteiger partial charge on any atom is 0.224 e. The number of nitrogens with one attached hydrogen (secondary N) is 1. The fourth-order valence-electron chi connectivity index (χ4n) is 1.99. The Hall–Kier alpha value is -1.23. The number of methoxy groups -OCH3 is 2. The van der Waals surface area contributed by atoms with E-state index in [0.717, 1.165) is 30.3 Å². The number of hydrogen-bond donors (Lipinski definition) is 1. The van der Waals surface area contributed by atoms with Crippen LogP contribution in [0.15, 0.2) is 18.2 Å². The van der Waals surface area contributed by atoms with Crippen LogP contribution in [0.25, 0.3) is 0 Å². The van der Waals surface area contributed by atoms with E-state index in [0.29, 0.717) is 23.8 Å². The summed E-state index contributed by atoms with van der Waals surface area (Å²) in [6, 6.07) is 5.54. The van der Waals surface area contributed by atoms with Gasteiger partial charge >= 0.3 is 0 Å². The second kappa shape index (κ2) is 9.66. The first-order valence-corrected chi connectivity index (χ1v) is 8.26. The molecule has 0 heterocycles. The molecule has 0 spiro atoms. The number of amides is 1. The van der Waals surface area contributed by atoms with E-state index in [-0.39, 0.29) is 5.91 Å². The molecule has 1 aromatic rings. The maximum absolute atomic E-state index is 11.9. The Kier molecular flexibility index (Phi) is 8.20. The molecule has 1 unspecified atom stereocenters. The number of ether oxygens (including phenoxy) is 2. The third kappa shape index (κ3) is 6.38. The molecule has 1 aromatic carbocycles. The van der Waals surface area contributed by atoms with Crippen molar-refractivity contribution >= 4 is 21.8 Å². The van der Waals surface area contributed by atoms with E-state index in [1.807, 2.05) is 18.2 Å². The molecular formula is C16H24BrNO3. The average molecular weight is 358 g/mol. The first kappa shape index (κ1) is 17.8. The summed E-state index contributed by atoms with van der Waals surface area (Å²) in [5.74, 6) is 2.00. The van der Waals surface area contributed by atoms with Crippen LogP contribution in [-0.4, -0.2) is 32.0 Å². The van der Waals surface area contributed by atoms with Gasteiger partial charge in [-0.3, -0.25) is 4.79 Å². The van der Waals surface area contributed by atoms with Gasteiger partial charge in [-0.15, -0.1) is 0 Å². The third-order valence-corrected chi connectivity index (χ3v) is 4.38. The van der Waals surface area contributed by atoms with Gasteiger partial charge in [0.25, 0.3) is 0 Å². The van der Waals surface area contributed by atoms with Gasteiger partial charge in [-0.1, -0.05) is 28.9 Å². The van der Waals surface area contributed by atoms with Crippen LogP contribution >= 0.6 is 15.9 Å². The lowest BCUT2D eigenvalue weighted by atomic mass is 10.1. The number of halogens is 1. The van der Waals surface area contributed by atoms with Gasteiger partial charge in [0.1, 0.15) is 0 Å². The van der Waals surface area contributed by atoms with Crippen LogP contribution in [0.3, 0.4) is 0 Å². The van der Waals surface area contributed by atoms with E-state index in [9.17, 15) is 4.79 Å². The summed E-state index contributed by atoms with van der Waals surface area (Å²) in [6.45, 7) is 2.92. The van der Waals surface area contributed by atoms with Gasteiger partial charge in [-0.25, -0.2) is 0 Å². The van der Waals surface area contributed by atoms with Crippen LogP contribution in [0.2, 0.25) is 0 Å². The molecule has 0 aliphatic rings. The van der Waals surface area contributed by atoms with Gasteiger partial charge in [-0.05, 0) is 36.5 Å². The molecule has 0 aliphatic carbocycles. The van der Waals surface area contributed by atoms with Crippen molar-refractivity contribution in [3.63, 3.8) is 0 Å². The van der Waals surface area contributed by atoms with Crippen molar-refractivity contribution in [2.75, 3.05) is 26.1 Å². The van der Waals surface area contributed by atoms with E-state index in [1.54, 1.807) is 14.2 Å². The van der Waals surface area contributed by atoms with Crippen LogP contribution < -0.4 is 14.8 Å². The molecule has 0 fully saturated rings. The quantitative estimate of drug-likeness (QED) is 0.545. The molecule has 1 amide bonds. The monoisotopic (exact) mass is 357 g/mol. The van der Waals surface area contributed by atoms with Crippen molar-refractivity contribution in [3.05, 3.63) is 23.8 Å². The maximum atomic E-state index is 11.9. The van der Waals surface area contributed by atoms with Crippen molar-refractivity contribution in [1.29, 1.82) is 0 Å². The SMILES string of the molecule is COc1ccc(CC(=O)NCCCC(C)CBr)cc1OC. The molecule has 1 atom stereocenters. The lowest BCUT2D eigenvalue weighted by molar-refractivity contribution is -0.120. The first-order valence-electron chi connectivity index (χ1n) is 7.14. The van der Waals surface area contributed by atoms with E-state index >= 15 is 0 Å².